The van der Waals surface area contributed by atoms with Gasteiger partial charge in [-0.2, -0.15) is 0 Å². The zero-order valence-corrected chi connectivity index (χ0v) is 15.9. The number of anilines is 1. The molecular formula is C20H26N4O3. The second-order valence-electron chi connectivity index (χ2n) is 6.22. The van der Waals surface area contributed by atoms with Gasteiger partial charge in [-0.1, -0.05) is 30.3 Å². The fourth-order valence-electron chi connectivity index (χ4n) is 2.60. The van der Waals surface area contributed by atoms with Gasteiger partial charge in [0.2, 0.25) is 5.91 Å². The summed E-state index contributed by atoms with van der Waals surface area (Å²) in [6.07, 6.45) is 1.56. The van der Waals surface area contributed by atoms with Gasteiger partial charge in [-0.05, 0) is 44.0 Å². The molecule has 3 rings (SSSR count). The standard InChI is InChI=1S/C14H18N2O3.C6H8N2/c1-3-19-13-9-12(17)16(13)14(18)15-10(2)11-7-5-4-6-8-11;1-5-2-3-8-6(7)4-5/h4-8,10,13H,3,9H2,1-2H3,(H,15,18);2-4H,1H3,(H2,7,8). The van der Waals surface area contributed by atoms with Crippen molar-refractivity contribution in [2.45, 2.75) is 39.5 Å². The monoisotopic (exact) mass is 370 g/mol. The van der Waals surface area contributed by atoms with E-state index in [2.05, 4.69) is 10.3 Å². The van der Waals surface area contributed by atoms with Gasteiger partial charge in [-0.25, -0.2) is 14.7 Å². The predicted molar refractivity (Wildman–Crippen MR) is 104 cm³/mol. The molecule has 2 heterocycles. The van der Waals surface area contributed by atoms with Crippen LogP contribution < -0.4 is 11.1 Å². The average molecular weight is 370 g/mol. The molecule has 2 unspecified atom stereocenters. The highest BCUT2D eigenvalue weighted by Gasteiger charge is 2.41. The Bertz CT molecular complexity index is 750. The molecule has 144 valence electrons. The summed E-state index contributed by atoms with van der Waals surface area (Å²) >= 11 is 0. The molecule has 1 aromatic heterocycles. The lowest BCUT2D eigenvalue weighted by Crippen LogP contribution is -2.59. The number of hydrogen-bond acceptors (Lipinski definition) is 5. The molecule has 0 bridgehead atoms. The minimum absolute atomic E-state index is 0.149. The van der Waals surface area contributed by atoms with Crippen molar-refractivity contribution in [1.29, 1.82) is 0 Å². The Hall–Kier alpha value is -2.93. The molecule has 1 aliphatic heterocycles. The fourth-order valence-corrected chi connectivity index (χ4v) is 2.60. The molecule has 1 aromatic carbocycles. The third-order valence-corrected chi connectivity index (χ3v) is 4.06. The Morgan fingerprint density at radius 2 is 2.07 bits per heavy atom. The number of nitrogens with two attached hydrogens (primary N) is 1. The lowest BCUT2D eigenvalue weighted by Gasteiger charge is -2.38. The molecule has 0 radical (unpaired) electrons. The van der Waals surface area contributed by atoms with Crippen molar-refractivity contribution in [3.8, 4) is 0 Å². The lowest BCUT2D eigenvalue weighted by molar-refractivity contribution is -0.163. The number of amides is 3. The Labute approximate surface area is 159 Å². The smallest absolute Gasteiger partial charge is 0.326 e. The number of rotatable bonds is 4. The maximum atomic E-state index is 12.0. The van der Waals surface area contributed by atoms with Gasteiger partial charge in [0.25, 0.3) is 0 Å². The van der Waals surface area contributed by atoms with Crippen LogP contribution in [0.3, 0.4) is 0 Å². The summed E-state index contributed by atoms with van der Waals surface area (Å²) in [4.78, 5) is 28.4. The van der Waals surface area contributed by atoms with E-state index in [1.807, 2.05) is 63.2 Å². The Balaban J connectivity index is 0.000000273. The van der Waals surface area contributed by atoms with Crippen LogP contribution in [0.25, 0.3) is 0 Å². The first-order valence-electron chi connectivity index (χ1n) is 8.89. The van der Waals surface area contributed by atoms with Crippen LogP contribution in [-0.4, -0.2) is 34.7 Å². The van der Waals surface area contributed by atoms with Gasteiger partial charge in [0.05, 0.1) is 12.5 Å². The van der Waals surface area contributed by atoms with Crippen LogP contribution in [0.4, 0.5) is 10.6 Å². The number of ether oxygens (including phenoxy) is 1. The zero-order valence-electron chi connectivity index (χ0n) is 15.9. The number of imide groups is 1. The summed E-state index contributed by atoms with van der Waals surface area (Å²) in [6, 6.07) is 12.8. The molecule has 27 heavy (non-hydrogen) atoms. The normalized spacial score (nSPS) is 16.6. The number of pyridine rings is 1. The number of nitrogens with one attached hydrogen (secondary N) is 1. The second-order valence-corrected chi connectivity index (χ2v) is 6.22. The van der Waals surface area contributed by atoms with Gasteiger partial charge in [-0.3, -0.25) is 4.79 Å². The molecule has 3 amide bonds. The minimum atomic E-state index is -0.416. The molecule has 3 N–H and O–H groups in total. The maximum absolute atomic E-state index is 12.0. The van der Waals surface area contributed by atoms with Crippen LogP contribution in [0.1, 0.15) is 37.4 Å². The van der Waals surface area contributed by atoms with E-state index >= 15 is 0 Å². The highest BCUT2D eigenvalue weighted by molar-refractivity contribution is 5.99. The van der Waals surface area contributed by atoms with Gasteiger partial charge in [0.1, 0.15) is 12.0 Å². The van der Waals surface area contributed by atoms with E-state index in [4.69, 9.17) is 10.5 Å². The third-order valence-electron chi connectivity index (χ3n) is 4.06. The first-order chi connectivity index (χ1) is 12.9. The van der Waals surface area contributed by atoms with Gasteiger partial charge in [0.15, 0.2) is 0 Å². The van der Waals surface area contributed by atoms with Gasteiger partial charge in [0, 0.05) is 12.8 Å². The van der Waals surface area contributed by atoms with Crippen molar-refractivity contribution in [2.75, 3.05) is 12.3 Å². The summed E-state index contributed by atoms with van der Waals surface area (Å²) < 4.78 is 5.31. The van der Waals surface area contributed by atoms with Crippen LogP contribution >= 0.6 is 0 Å². The van der Waals surface area contributed by atoms with Crippen molar-refractivity contribution in [2.24, 2.45) is 0 Å². The molecule has 0 saturated carbocycles. The van der Waals surface area contributed by atoms with Crippen molar-refractivity contribution >= 4 is 17.8 Å². The van der Waals surface area contributed by atoms with Crippen LogP contribution in [-0.2, 0) is 9.53 Å². The molecule has 1 aliphatic rings. The summed E-state index contributed by atoms with van der Waals surface area (Å²) in [5.74, 6) is 0.390. The van der Waals surface area contributed by atoms with E-state index in [1.54, 1.807) is 6.20 Å². The number of hydrogen-bond donors (Lipinski definition) is 2. The highest BCUT2D eigenvalue weighted by Crippen LogP contribution is 2.21. The number of aromatic nitrogens is 1. The van der Waals surface area contributed by atoms with E-state index < -0.39 is 12.3 Å². The Morgan fingerprint density at radius 1 is 1.37 bits per heavy atom. The van der Waals surface area contributed by atoms with E-state index in [9.17, 15) is 9.59 Å². The molecule has 7 heteroatoms. The zero-order chi connectivity index (χ0) is 19.8. The van der Waals surface area contributed by atoms with Crippen molar-refractivity contribution in [3.63, 3.8) is 0 Å². The van der Waals surface area contributed by atoms with Gasteiger partial charge >= 0.3 is 6.03 Å². The van der Waals surface area contributed by atoms with E-state index in [0.29, 0.717) is 12.4 Å². The molecule has 2 atom stereocenters. The molecule has 1 saturated heterocycles. The van der Waals surface area contributed by atoms with E-state index in [0.717, 1.165) is 16.0 Å². The molecule has 1 fully saturated rings. The lowest BCUT2D eigenvalue weighted by atomic mass is 10.1. The number of nitrogens with zero attached hydrogens (tertiary/aromatic N) is 2. The number of nitrogen functional groups attached to an aromatic ring is 1. The second kappa shape index (κ2) is 9.68. The van der Waals surface area contributed by atoms with Crippen LogP contribution in [0.15, 0.2) is 48.7 Å². The average Bonchev–Trinajstić information content (AvgIpc) is 2.62. The summed E-state index contributed by atoms with van der Waals surface area (Å²) in [6.45, 7) is 6.19. The highest BCUT2D eigenvalue weighted by atomic mass is 16.5. The van der Waals surface area contributed by atoms with Crippen molar-refractivity contribution < 1.29 is 14.3 Å². The Morgan fingerprint density at radius 3 is 2.59 bits per heavy atom. The van der Waals surface area contributed by atoms with Crippen LogP contribution in [0, 0.1) is 6.92 Å². The van der Waals surface area contributed by atoms with Crippen LogP contribution in [0.2, 0.25) is 0 Å². The number of carbonyl (C=O) groups excluding carboxylic acids is 2. The number of β-lactam (4-membered cyclic amide) rings is 1. The van der Waals surface area contributed by atoms with Crippen molar-refractivity contribution in [3.05, 3.63) is 59.8 Å². The number of carbonyl (C=O) groups is 2. The fraction of sp³-hybridized carbons (Fsp3) is 0.350. The predicted octanol–water partition coefficient (Wildman–Crippen LogP) is 3.02. The molecular weight excluding hydrogens is 344 g/mol. The number of likely N-dealkylation sites (tertiary alicyclic amines) is 1. The van der Waals surface area contributed by atoms with Crippen molar-refractivity contribution in [1.82, 2.24) is 15.2 Å². The van der Waals surface area contributed by atoms with E-state index in [-0.39, 0.29) is 18.4 Å². The summed E-state index contributed by atoms with van der Waals surface area (Å²) in [5, 5.41) is 2.80. The number of urea groups is 1. The van der Waals surface area contributed by atoms with Gasteiger partial charge < -0.3 is 15.8 Å². The Kier molecular flexibility index (Phi) is 7.31. The number of benzene rings is 1. The first kappa shape index (κ1) is 20.4. The van der Waals surface area contributed by atoms with Gasteiger partial charge in [-0.15, -0.1) is 0 Å². The third kappa shape index (κ3) is 5.79. The number of aryl methyl sites for hydroxylation is 1. The topological polar surface area (TPSA) is 97.5 Å². The minimum Gasteiger partial charge on any atom is -0.384 e. The summed E-state index contributed by atoms with van der Waals surface area (Å²) in [5.41, 5.74) is 7.49. The van der Waals surface area contributed by atoms with Crippen LogP contribution in [0.5, 0.6) is 0 Å². The molecule has 0 spiro atoms. The largest absolute Gasteiger partial charge is 0.384 e. The maximum Gasteiger partial charge on any atom is 0.326 e. The quantitative estimate of drug-likeness (QED) is 0.806. The SMILES string of the molecule is CCOC1CC(=O)N1C(=O)NC(C)c1ccccc1.Cc1ccnc(N)c1. The molecule has 7 nitrogen and oxygen atoms in total. The first-order valence-corrected chi connectivity index (χ1v) is 8.89. The molecule has 2 aromatic rings. The summed E-state index contributed by atoms with van der Waals surface area (Å²) in [7, 11) is 0. The van der Waals surface area contributed by atoms with E-state index in [1.165, 1.54) is 0 Å². The molecule has 0 aliphatic carbocycles.